The number of hydrogen-bond acceptors (Lipinski definition) is 3. The molecular weight excluding hydrogens is 240 g/mol. The second kappa shape index (κ2) is 4.88. The largest absolute Gasteiger partial charge is 0.368 e. The van der Waals surface area contributed by atoms with Gasteiger partial charge in [0.2, 0.25) is 0 Å². The van der Waals surface area contributed by atoms with E-state index in [4.69, 9.17) is 0 Å². The van der Waals surface area contributed by atoms with E-state index in [2.05, 4.69) is 18.4 Å². The zero-order valence-electron chi connectivity index (χ0n) is 11.6. The SMILES string of the molecule is C=C(C)CN(CC)c1ccc2c(c1)N(C)C(=O)C2=O. The molecule has 0 unspecified atom stereocenters. The summed E-state index contributed by atoms with van der Waals surface area (Å²) in [6, 6.07) is 5.51. The fourth-order valence-electron chi connectivity index (χ4n) is 2.27. The van der Waals surface area contributed by atoms with Gasteiger partial charge in [0.05, 0.1) is 11.3 Å². The van der Waals surface area contributed by atoms with Crippen molar-refractivity contribution in [2.45, 2.75) is 13.8 Å². The van der Waals surface area contributed by atoms with Gasteiger partial charge in [-0.15, -0.1) is 0 Å². The van der Waals surface area contributed by atoms with Crippen LogP contribution in [0.4, 0.5) is 11.4 Å². The van der Waals surface area contributed by atoms with E-state index in [1.54, 1.807) is 13.1 Å². The number of nitrogens with zero attached hydrogens (tertiary/aromatic N) is 2. The van der Waals surface area contributed by atoms with Gasteiger partial charge in [0.1, 0.15) is 0 Å². The molecule has 0 N–H and O–H groups in total. The average Bonchev–Trinajstić information content (AvgIpc) is 2.60. The van der Waals surface area contributed by atoms with Crippen molar-refractivity contribution in [3.8, 4) is 0 Å². The molecule has 0 aliphatic carbocycles. The Balaban J connectivity index is 2.39. The van der Waals surface area contributed by atoms with Gasteiger partial charge in [-0.05, 0) is 32.0 Å². The molecule has 1 heterocycles. The first-order chi connectivity index (χ1) is 8.95. The molecule has 19 heavy (non-hydrogen) atoms. The molecule has 1 aliphatic rings. The predicted molar refractivity (Wildman–Crippen MR) is 76.9 cm³/mol. The van der Waals surface area contributed by atoms with Gasteiger partial charge in [0, 0.05) is 25.8 Å². The highest BCUT2D eigenvalue weighted by atomic mass is 16.2. The zero-order valence-corrected chi connectivity index (χ0v) is 11.6. The van der Waals surface area contributed by atoms with E-state index >= 15 is 0 Å². The van der Waals surface area contributed by atoms with Crippen molar-refractivity contribution in [2.75, 3.05) is 29.9 Å². The second-order valence-electron chi connectivity index (χ2n) is 4.87. The number of carbonyl (C=O) groups is 2. The number of carbonyl (C=O) groups excluding carboxylic acids is 2. The summed E-state index contributed by atoms with van der Waals surface area (Å²) in [4.78, 5) is 26.9. The normalized spacial score (nSPS) is 13.7. The summed E-state index contributed by atoms with van der Waals surface area (Å²) in [5.74, 6) is -0.887. The summed E-state index contributed by atoms with van der Waals surface area (Å²) in [7, 11) is 1.63. The van der Waals surface area contributed by atoms with Crippen LogP contribution in [-0.2, 0) is 4.79 Å². The van der Waals surface area contributed by atoms with Gasteiger partial charge in [-0.1, -0.05) is 12.2 Å². The van der Waals surface area contributed by atoms with Crippen LogP contribution in [0.25, 0.3) is 0 Å². The molecule has 2 rings (SSSR count). The number of ketones is 1. The van der Waals surface area contributed by atoms with Gasteiger partial charge in [-0.25, -0.2) is 0 Å². The van der Waals surface area contributed by atoms with Crippen LogP contribution < -0.4 is 9.80 Å². The number of Topliss-reactive ketones (excluding diaryl/α,β-unsaturated/α-hetero) is 1. The molecule has 100 valence electrons. The van der Waals surface area contributed by atoms with Gasteiger partial charge in [-0.3, -0.25) is 9.59 Å². The first kappa shape index (κ1) is 13.3. The number of amides is 1. The molecule has 1 amide bonds. The number of rotatable bonds is 4. The summed E-state index contributed by atoms with van der Waals surface area (Å²) < 4.78 is 0. The zero-order chi connectivity index (χ0) is 14.2. The summed E-state index contributed by atoms with van der Waals surface area (Å²) >= 11 is 0. The van der Waals surface area contributed by atoms with Crippen LogP contribution >= 0.6 is 0 Å². The maximum atomic E-state index is 11.7. The summed E-state index contributed by atoms with van der Waals surface area (Å²) in [5.41, 5.74) is 3.25. The molecule has 4 nitrogen and oxygen atoms in total. The lowest BCUT2D eigenvalue weighted by molar-refractivity contribution is -0.114. The van der Waals surface area contributed by atoms with Crippen molar-refractivity contribution in [1.82, 2.24) is 0 Å². The van der Waals surface area contributed by atoms with Crippen LogP contribution in [0.3, 0.4) is 0 Å². The minimum atomic E-state index is -0.463. The van der Waals surface area contributed by atoms with E-state index < -0.39 is 11.7 Å². The Morgan fingerprint density at radius 1 is 1.37 bits per heavy atom. The fraction of sp³-hybridized carbons (Fsp3) is 0.333. The van der Waals surface area contributed by atoms with Gasteiger partial charge >= 0.3 is 0 Å². The molecule has 1 aliphatic heterocycles. The van der Waals surface area contributed by atoms with Crippen molar-refractivity contribution in [1.29, 1.82) is 0 Å². The lowest BCUT2D eigenvalue weighted by atomic mass is 10.1. The van der Waals surface area contributed by atoms with Crippen molar-refractivity contribution >= 4 is 23.1 Å². The highest BCUT2D eigenvalue weighted by molar-refractivity contribution is 6.52. The van der Waals surface area contributed by atoms with Crippen LogP contribution in [0.2, 0.25) is 0 Å². The molecule has 0 spiro atoms. The van der Waals surface area contributed by atoms with Crippen molar-refractivity contribution < 1.29 is 9.59 Å². The van der Waals surface area contributed by atoms with E-state index in [1.165, 1.54) is 4.90 Å². The second-order valence-corrected chi connectivity index (χ2v) is 4.87. The monoisotopic (exact) mass is 258 g/mol. The molecular formula is C15H18N2O2. The summed E-state index contributed by atoms with van der Waals surface area (Å²) in [6.45, 7) is 9.58. The Bertz CT molecular complexity index is 563. The minimum Gasteiger partial charge on any atom is -0.368 e. The first-order valence-corrected chi connectivity index (χ1v) is 6.31. The van der Waals surface area contributed by atoms with Crippen LogP contribution in [-0.4, -0.2) is 31.8 Å². The van der Waals surface area contributed by atoms with Crippen molar-refractivity contribution in [3.05, 3.63) is 35.9 Å². The number of likely N-dealkylation sites (N-methyl/N-ethyl adjacent to an activating group) is 2. The Kier molecular flexibility index (Phi) is 3.42. The van der Waals surface area contributed by atoms with E-state index in [-0.39, 0.29) is 0 Å². The summed E-state index contributed by atoms with van der Waals surface area (Å²) in [6.07, 6.45) is 0. The smallest absolute Gasteiger partial charge is 0.299 e. The lowest BCUT2D eigenvalue weighted by Gasteiger charge is -2.24. The minimum absolute atomic E-state index is 0.424. The number of anilines is 2. The van der Waals surface area contributed by atoms with Crippen molar-refractivity contribution in [2.24, 2.45) is 0 Å². The number of benzene rings is 1. The van der Waals surface area contributed by atoms with Crippen LogP contribution in [0.15, 0.2) is 30.4 Å². The predicted octanol–water partition coefficient (Wildman–Crippen LogP) is 2.25. The highest BCUT2D eigenvalue weighted by Gasteiger charge is 2.33. The van der Waals surface area contributed by atoms with E-state index in [0.29, 0.717) is 11.3 Å². The average molecular weight is 258 g/mol. The number of hydrogen-bond donors (Lipinski definition) is 0. The maximum Gasteiger partial charge on any atom is 0.299 e. The lowest BCUT2D eigenvalue weighted by Crippen LogP contribution is -2.26. The van der Waals surface area contributed by atoms with Crippen LogP contribution in [0.5, 0.6) is 0 Å². The Labute approximate surface area is 113 Å². The molecule has 4 heteroatoms. The molecule has 0 fully saturated rings. The molecule has 0 aromatic heterocycles. The standard InChI is InChI=1S/C15H18N2O2/c1-5-17(9-10(2)3)11-6-7-12-13(8-11)16(4)15(19)14(12)18/h6-8H,2,5,9H2,1,3-4H3. The molecule has 0 atom stereocenters. The molecule has 0 radical (unpaired) electrons. The molecule has 0 saturated carbocycles. The van der Waals surface area contributed by atoms with Crippen LogP contribution in [0.1, 0.15) is 24.2 Å². The Morgan fingerprint density at radius 2 is 2.05 bits per heavy atom. The van der Waals surface area contributed by atoms with E-state index in [9.17, 15) is 9.59 Å². The molecule has 0 bridgehead atoms. The van der Waals surface area contributed by atoms with E-state index in [1.807, 2.05) is 19.1 Å². The van der Waals surface area contributed by atoms with Gasteiger partial charge in [0.15, 0.2) is 0 Å². The molecule has 1 aromatic carbocycles. The van der Waals surface area contributed by atoms with Gasteiger partial charge in [-0.2, -0.15) is 0 Å². The Hall–Kier alpha value is -2.10. The van der Waals surface area contributed by atoms with Gasteiger partial charge < -0.3 is 9.80 Å². The third-order valence-corrected chi connectivity index (χ3v) is 3.29. The highest BCUT2D eigenvalue weighted by Crippen LogP contribution is 2.31. The summed E-state index contributed by atoms with van der Waals surface area (Å²) in [5, 5.41) is 0. The van der Waals surface area contributed by atoms with Gasteiger partial charge in [0.25, 0.3) is 11.7 Å². The Morgan fingerprint density at radius 3 is 2.63 bits per heavy atom. The molecule has 1 aromatic rings. The number of fused-ring (bicyclic) bond motifs is 1. The van der Waals surface area contributed by atoms with Crippen LogP contribution in [0, 0.1) is 0 Å². The van der Waals surface area contributed by atoms with Crippen molar-refractivity contribution in [3.63, 3.8) is 0 Å². The topological polar surface area (TPSA) is 40.6 Å². The third kappa shape index (κ3) is 2.26. The quantitative estimate of drug-likeness (QED) is 0.614. The molecule has 0 saturated heterocycles. The fourth-order valence-corrected chi connectivity index (χ4v) is 2.27. The third-order valence-electron chi connectivity index (χ3n) is 3.29. The first-order valence-electron chi connectivity index (χ1n) is 6.31. The maximum absolute atomic E-state index is 11.7. The van der Waals surface area contributed by atoms with E-state index in [0.717, 1.165) is 24.4 Å².